The van der Waals surface area contributed by atoms with Gasteiger partial charge in [0.1, 0.15) is 5.15 Å². The van der Waals surface area contributed by atoms with Gasteiger partial charge in [0.15, 0.2) is 0 Å². The van der Waals surface area contributed by atoms with Gasteiger partial charge in [0.05, 0.1) is 5.56 Å². The van der Waals surface area contributed by atoms with Gasteiger partial charge in [0.2, 0.25) is 0 Å². The number of pyridine rings is 1. The van der Waals surface area contributed by atoms with E-state index >= 15 is 0 Å². The van der Waals surface area contributed by atoms with Crippen molar-refractivity contribution >= 4 is 17.6 Å². The van der Waals surface area contributed by atoms with Crippen LogP contribution in [0.4, 0.5) is 0 Å². The summed E-state index contributed by atoms with van der Waals surface area (Å²) >= 11 is 5.74. The first-order valence-corrected chi connectivity index (χ1v) is 4.68. The number of carboxylic acids is 1. The minimum atomic E-state index is -1.03. The van der Waals surface area contributed by atoms with Crippen molar-refractivity contribution in [1.82, 2.24) is 10.3 Å². The van der Waals surface area contributed by atoms with Crippen molar-refractivity contribution in [3.05, 3.63) is 28.0 Å². The van der Waals surface area contributed by atoms with Crippen LogP contribution in [0.25, 0.3) is 0 Å². The molecule has 2 heterocycles. The zero-order valence-corrected chi connectivity index (χ0v) is 8.14. The van der Waals surface area contributed by atoms with Gasteiger partial charge in [-0.15, -0.1) is 0 Å². The third-order valence-electron chi connectivity index (χ3n) is 2.23. The molecule has 0 atom stereocenters. The summed E-state index contributed by atoms with van der Waals surface area (Å²) in [4.78, 5) is 14.8. The van der Waals surface area contributed by atoms with Crippen LogP contribution in [0.3, 0.4) is 0 Å². The van der Waals surface area contributed by atoms with E-state index in [-0.39, 0.29) is 10.7 Å². The average molecular weight is 213 g/mol. The van der Waals surface area contributed by atoms with Crippen molar-refractivity contribution in [3.8, 4) is 0 Å². The Morgan fingerprint density at radius 1 is 1.64 bits per heavy atom. The quantitative estimate of drug-likeness (QED) is 0.684. The normalized spacial score (nSPS) is 14.9. The predicted molar refractivity (Wildman–Crippen MR) is 51.6 cm³/mol. The van der Waals surface area contributed by atoms with E-state index in [0.29, 0.717) is 6.54 Å². The fraction of sp³-hybridized carbons (Fsp3) is 0.333. The summed E-state index contributed by atoms with van der Waals surface area (Å²) in [6.45, 7) is 1.53. The molecular formula is C9H9ClN2O2. The topological polar surface area (TPSA) is 62.2 Å². The third-order valence-corrected chi connectivity index (χ3v) is 2.52. The van der Waals surface area contributed by atoms with Crippen LogP contribution >= 0.6 is 11.6 Å². The second kappa shape index (κ2) is 3.55. The van der Waals surface area contributed by atoms with E-state index < -0.39 is 5.97 Å². The van der Waals surface area contributed by atoms with Gasteiger partial charge in [0, 0.05) is 25.2 Å². The van der Waals surface area contributed by atoms with Gasteiger partial charge in [-0.25, -0.2) is 9.78 Å². The average Bonchev–Trinajstić information content (AvgIpc) is 2.16. The molecule has 2 rings (SSSR count). The number of aromatic carboxylic acids is 1. The highest BCUT2D eigenvalue weighted by Crippen LogP contribution is 2.20. The van der Waals surface area contributed by atoms with Crippen LogP contribution in [-0.2, 0) is 13.0 Å². The van der Waals surface area contributed by atoms with Gasteiger partial charge < -0.3 is 10.4 Å². The summed E-state index contributed by atoms with van der Waals surface area (Å²) in [5, 5.41) is 12.1. The third kappa shape index (κ3) is 1.58. The van der Waals surface area contributed by atoms with E-state index in [9.17, 15) is 4.79 Å². The fourth-order valence-electron chi connectivity index (χ4n) is 1.52. The number of nitrogens with one attached hydrogen (secondary N) is 1. The van der Waals surface area contributed by atoms with Crippen LogP contribution in [0.5, 0.6) is 0 Å². The van der Waals surface area contributed by atoms with Gasteiger partial charge in [-0.2, -0.15) is 0 Å². The van der Waals surface area contributed by atoms with Gasteiger partial charge in [0.25, 0.3) is 0 Å². The molecule has 1 aromatic heterocycles. The van der Waals surface area contributed by atoms with Crippen LogP contribution in [0, 0.1) is 0 Å². The Balaban J connectivity index is 2.50. The maximum Gasteiger partial charge on any atom is 0.338 e. The molecule has 0 saturated carbocycles. The zero-order valence-electron chi connectivity index (χ0n) is 7.38. The molecule has 0 unspecified atom stereocenters. The Labute approximate surface area is 85.9 Å². The maximum atomic E-state index is 10.8. The minimum Gasteiger partial charge on any atom is -0.478 e. The van der Waals surface area contributed by atoms with Gasteiger partial charge in [-0.3, -0.25) is 0 Å². The Hall–Kier alpha value is -1.13. The fourth-order valence-corrected chi connectivity index (χ4v) is 1.75. The molecule has 2 N–H and O–H groups in total. The van der Waals surface area contributed by atoms with E-state index in [1.165, 1.54) is 0 Å². The zero-order chi connectivity index (χ0) is 10.1. The van der Waals surface area contributed by atoms with E-state index in [4.69, 9.17) is 16.7 Å². The first-order chi connectivity index (χ1) is 6.68. The first kappa shape index (κ1) is 9.43. The molecule has 0 aliphatic carbocycles. The van der Waals surface area contributed by atoms with Crippen molar-refractivity contribution < 1.29 is 9.90 Å². The number of halogens is 1. The monoisotopic (exact) mass is 212 g/mol. The Morgan fingerprint density at radius 3 is 3.14 bits per heavy atom. The predicted octanol–water partition coefficient (Wildman–Crippen LogP) is 1.08. The van der Waals surface area contributed by atoms with Gasteiger partial charge in [-0.1, -0.05) is 11.6 Å². The summed E-state index contributed by atoms with van der Waals surface area (Å²) in [6.07, 6.45) is 0.801. The molecule has 0 saturated heterocycles. The molecule has 1 aliphatic heterocycles. The van der Waals surface area contributed by atoms with E-state index in [0.717, 1.165) is 24.2 Å². The molecule has 14 heavy (non-hydrogen) atoms. The molecule has 5 heteroatoms. The van der Waals surface area contributed by atoms with Crippen molar-refractivity contribution in [2.45, 2.75) is 13.0 Å². The molecule has 1 aliphatic rings. The molecule has 74 valence electrons. The smallest absolute Gasteiger partial charge is 0.338 e. The summed E-state index contributed by atoms with van der Waals surface area (Å²) in [5.41, 5.74) is 1.91. The number of fused-ring (bicyclic) bond motifs is 1. The lowest BCUT2D eigenvalue weighted by molar-refractivity contribution is 0.0696. The number of nitrogens with zero attached hydrogens (tertiary/aromatic N) is 1. The second-order valence-corrected chi connectivity index (χ2v) is 3.52. The lowest BCUT2D eigenvalue weighted by Crippen LogP contribution is -2.25. The lowest BCUT2D eigenvalue weighted by Gasteiger charge is -2.16. The van der Waals surface area contributed by atoms with Crippen molar-refractivity contribution in [2.24, 2.45) is 0 Å². The van der Waals surface area contributed by atoms with Crippen LogP contribution < -0.4 is 5.32 Å². The molecule has 0 spiro atoms. The molecule has 0 fully saturated rings. The molecule has 0 bridgehead atoms. The van der Waals surface area contributed by atoms with Crippen LogP contribution in [0.1, 0.15) is 21.6 Å². The van der Waals surface area contributed by atoms with Crippen molar-refractivity contribution in [3.63, 3.8) is 0 Å². The Bertz CT molecular complexity index is 393. The number of hydrogen-bond donors (Lipinski definition) is 2. The Kier molecular flexibility index (Phi) is 2.39. The summed E-state index contributed by atoms with van der Waals surface area (Å²) in [7, 11) is 0. The molecule has 0 radical (unpaired) electrons. The minimum absolute atomic E-state index is 0.0779. The van der Waals surface area contributed by atoms with Crippen LogP contribution in [-0.4, -0.2) is 22.6 Å². The van der Waals surface area contributed by atoms with E-state index in [1.54, 1.807) is 6.07 Å². The van der Waals surface area contributed by atoms with Crippen molar-refractivity contribution in [2.75, 3.05) is 6.54 Å². The number of hydrogen-bond acceptors (Lipinski definition) is 3. The summed E-state index contributed by atoms with van der Waals surface area (Å²) in [5.74, 6) is -1.03. The SMILES string of the molecule is O=C(O)c1cc2c(nc1Cl)CCNC2. The molecule has 0 aromatic carbocycles. The maximum absolute atomic E-state index is 10.8. The Morgan fingerprint density at radius 2 is 2.43 bits per heavy atom. The largest absolute Gasteiger partial charge is 0.478 e. The molecule has 4 nitrogen and oxygen atoms in total. The molecule has 1 aromatic rings. The molecule has 0 amide bonds. The van der Waals surface area contributed by atoms with Crippen molar-refractivity contribution in [1.29, 1.82) is 0 Å². The number of rotatable bonds is 1. The number of carboxylic acid groups (broad SMARTS) is 1. The van der Waals surface area contributed by atoms with Crippen LogP contribution in [0.2, 0.25) is 5.15 Å². The van der Waals surface area contributed by atoms with Crippen LogP contribution in [0.15, 0.2) is 6.07 Å². The summed E-state index contributed by atoms with van der Waals surface area (Å²) < 4.78 is 0. The highest BCUT2D eigenvalue weighted by molar-refractivity contribution is 6.32. The van der Waals surface area contributed by atoms with E-state index in [2.05, 4.69) is 10.3 Å². The highest BCUT2D eigenvalue weighted by Gasteiger charge is 2.17. The first-order valence-electron chi connectivity index (χ1n) is 4.31. The molecular weight excluding hydrogens is 204 g/mol. The summed E-state index contributed by atoms with van der Waals surface area (Å²) in [6, 6.07) is 1.60. The highest BCUT2D eigenvalue weighted by atomic mass is 35.5. The standard InChI is InChI=1S/C9H9ClN2O2/c10-8-6(9(13)14)3-5-4-11-2-1-7(5)12-8/h3,11H,1-2,4H2,(H,13,14). The van der Waals surface area contributed by atoms with Gasteiger partial charge in [-0.05, 0) is 11.6 Å². The van der Waals surface area contributed by atoms with Gasteiger partial charge >= 0.3 is 5.97 Å². The number of aromatic nitrogens is 1. The number of carbonyl (C=O) groups is 1. The van der Waals surface area contributed by atoms with E-state index in [1.807, 2.05) is 0 Å². The lowest BCUT2D eigenvalue weighted by atomic mass is 10.1. The second-order valence-electron chi connectivity index (χ2n) is 3.16.